The van der Waals surface area contributed by atoms with Gasteiger partial charge in [-0.3, -0.25) is 9.59 Å². The maximum Gasteiger partial charge on any atom is 0.253 e. The van der Waals surface area contributed by atoms with Crippen LogP contribution in [0, 0.1) is 0 Å². The van der Waals surface area contributed by atoms with Crippen molar-refractivity contribution < 1.29 is 14.3 Å². The zero-order valence-electron chi connectivity index (χ0n) is 17.7. The minimum Gasteiger partial charge on any atom is -0.497 e. The molecule has 32 heavy (non-hydrogen) atoms. The van der Waals surface area contributed by atoms with E-state index in [1.807, 2.05) is 11.5 Å². The summed E-state index contributed by atoms with van der Waals surface area (Å²) < 4.78 is 6.95. The number of aromatic nitrogens is 3. The quantitative estimate of drug-likeness (QED) is 0.265. The number of nitrogens with zero attached hydrogens (tertiary/aromatic N) is 3. The second-order valence-corrected chi connectivity index (χ2v) is 8.21. The molecule has 7 nitrogen and oxygen atoms in total. The molecule has 2 aromatic carbocycles. The van der Waals surface area contributed by atoms with E-state index < -0.39 is 6.04 Å². The molecule has 0 spiro atoms. The fraction of sp³-hybridized carbons (Fsp3) is 0.217. The Bertz CT molecular complexity index is 1110. The Kier molecular flexibility index (Phi) is 8.08. The van der Waals surface area contributed by atoms with Crippen LogP contribution in [0.3, 0.4) is 0 Å². The molecule has 3 rings (SSSR count). The summed E-state index contributed by atoms with van der Waals surface area (Å²) in [5.74, 6) is 1.11. The van der Waals surface area contributed by atoms with Gasteiger partial charge in [0.15, 0.2) is 16.8 Å². The summed E-state index contributed by atoms with van der Waals surface area (Å²) in [7, 11) is 1.58. The van der Waals surface area contributed by atoms with Crippen molar-refractivity contribution in [3.05, 3.63) is 83.2 Å². The van der Waals surface area contributed by atoms with E-state index in [-0.39, 0.29) is 17.4 Å². The zero-order chi connectivity index (χ0) is 23.1. The highest BCUT2D eigenvalue weighted by Gasteiger charge is 2.21. The van der Waals surface area contributed by atoms with Gasteiger partial charge in [0, 0.05) is 12.1 Å². The van der Waals surface area contributed by atoms with Crippen LogP contribution in [0.5, 0.6) is 5.75 Å². The first-order valence-corrected chi connectivity index (χ1v) is 11.2. The molecule has 0 unspecified atom stereocenters. The van der Waals surface area contributed by atoms with Gasteiger partial charge >= 0.3 is 0 Å². The van der Waals surface area contributed by atoms with Gasteiger partial charge in [0.25, 0.3) is 5.91 Å². The van der Waals surface area contributed by atoms with Gasteiger partial charge in [-0.2, -0.15) is 0 Å². The summed E-state index contributed by atoms with van der Waals surface area (Å²) in [6, 6.07) is 13.4. The standard InChI is InChI=1S/C23H23ClN4O3S/c1-4-13-28-21(15(2)25-22(30)18-7-5-6-8-19(18)24)26-27-23(28)32-14-20(29)16-9-11-17(31-3)12-10-16/h4-12,15H,1,13-14H2,2-3H3,(H,25,30)/t15-/m0/s1. The van der Waals surface area contributed by atoms with Gasteiger partial charge in [-0.15, -0.1) is 16.8 Å². The van der Waals surface area contributed by atoms with Crippen LogP contribution >= 0.6 is 23.4 Å². The van der Waals surface area contributed by atoms with Crippen LogP contribution in [-0.4, -0.2) is 39.3 Å². The molecule has 0 aliphatic heterocycles. The first-order chi connectivity index (χ1) is 15.4. The number of carbonyl (C=O) groups excluding carboxylic acids is 2. The molecule has 166 valence electrons. The highest BCUT2D eigenvalue weighted by molar-refractivity contribution is 7.99. The van der Waals surface area contributed by atoms with Crippen molar-refractivity contribution in [2.75, 3.05) is 12.9 Å². The second-order valence-electron chi connectivity index (χ2n) is 6.86. The number of hydrogen-bond donors (Lipinski definition) is 1. The van der Waals surface area contributed by atoms with E-state index in [9.17, 15) is 9.59 Å². The van der Waals surface area contributed by atoms with Crippen LogP contribution in [-0.2, 0) is 6.54 Å². The molecule has 0 fully saturated rings. The summed E-state index contributed by atoms with van der Waals surface area (Å²) in [6.45, 7) is 6.04. The van der Waals surface area contributed by atoms with Crippen molar-refractivity contribution >= 4 is 35.1 Å². The van der Waals surface area contributed by atoms with Gasteiger partial charge in [-0.25, -0.2) is 0 Å². The average Bonchev–Trinajstić information content (AvgIpc) is 3.20. The van der Waals surface area contributed by atoms with Crippen LogP contribution in [0.25, 0.3) is 0 Å². The predicted molar refractivity (Wildman–Crippen MR) is 126 cm³/mol. The Morgan fingerprint density at radius 2 is 1.94 bits per heavy atom. The maximum absolute atomic E-state index is 12.6. The molecule has 0 saturated heterocycles. The number of allylic oxidation sites excluding steroid dienone is 1. The molecule has 1 N–H and O–H groups in total. The molecule has 1 aromatic heterocycles. The number of Topliss-reactive ketones (excluding diaryl/α,β-unsaturated/α-hetero) is 1. The van der Waals surface area contributed by atoms with Gasteiger partial charge in [-0.05, 0) is 43.3 Å². The predicted octanol–water partition coefficient (Wildman–Crippen LogP) is 4.59. The van der Waals surface area contributed by atoms with E-state index in [1.165, 1.54) is 11.8 Å². The summed E-state index contributed by atoms with van der Waals surface area (Å²) in [5.41, 5.74) is 0.976. The van der Waals surface area contributed by atoms with Crippen molar-refractivity contribution in [3.8, 4) is 5.75 Å². The molecule has 3 aromatic rings. The number of nitrogens with one attached hydrogen (secondary N) is 1. The molecule has 0 saturated carbocycles. The SMILES string of the molecule is C=CCn1c(SCC(=O)c2ccc(OC)cc2)nnc1[C@H](C)NC(=O)c1ccccc1Cl. The number of halogens is 1. The molecule has 0 aliphatic carbocycles. The molecular formula is C23H23ClN4O3S. The molecule has 0 bridgehead atoms. The van der Waals surface area contributed by atoms with E-state index in [2.05, 4.69) is 22.1 Å². The lowest BCUT2D eigenvalue weighted by Crippen LogP contribution is -2.29. The number of carbonyl (C=O) groups is 2. The lowest BCUT2D eigenvalue weighted by atomic mass is 10.1. The first kappa shape index (κ1) is 23.6. The van der Waals surface area contributed by atoms with Crippen molar-refractivity contribution in [1.29, 1.82) is 0 Å². The zero-order valence-corrected chi connectivity index (χ0v) is 19.3. The minimum absolute atomic E-state index is 0.0348. The van der Waals surface area contributed by atoms with Gasteiger partial charge < -0.3 is 14.6 Å². The highest BCUT2D eigenvalue weighted by Crippen LogP contribution is 2.23. The highest BCUT2D eigenvalue weighted by atomic mass is 35.5. The van der Waals surface area contributed by atoms with Crippen LogP contribution in [0.1, 0.15) is 39.5 Å². The van der Waals surface area contributed by atoms with E-state index in [4.69, 9.17) is 16.3 Å². The minimum atomic E-state index is -0.433. The lowest BCUT2D eigenvalue weighted by Gasteiger charge is -2.15. The van der Waals surface area contributed by atoms with Gasteiger partial charge in [0.1, 0.15) is 5.75 Å². The van der Waals surface area contributed by atoms with Crippen molar-refractivity contribution in [2.45, 2.75) is 24.7 Å². The Morgan fingerprint density at radius 1 is 1.22 bits per heavy atom. The summed E-state index contributed by atoms with van der Waals surface area (Å²) in [4.78, 5) is 25.2. The van der Waals surface area contributed by atoms with Crippen molar-refractivity contribution in [1.82, 2.24) is 20.1 Å². The largest absolute Gasteiger partial charge is 0.497 e. The topological polar surface area (TPSA) is 86.1 Å². The number of ketones is 1. The van der Waals surface area contributed by atoms with E-state index in [1.54, 1.807) is 61.7 Å². The van der Waals surface area contributed by atoms with Gasteiger partial charge in [0.05, 0.1) is 29.5 Å². The first-order valence-electron chi connectivity index (χ1n) is 9.84. The van der Waals surface area contributed by atoms with Crippen LogP contribution in [0.15, 0.2) is 66.3 Å². The van der Waals surface area contributed by atoms with Gasteiger partial charge in [0.2, 0.25) is 0 Å². The van der Waals surface area contributed by atoms with E-state index >= 15 is 0 Å². The van der Waals surface area contributed by atoms with Crippen LogP contribution in [0.4, 0.5) is 0 Å². The van der Waals surface area contributed by atoms with Crippen LogP contribution < -0.4 is 10.1 Å². The molecule has 0 radical (unpaired) electrons. The Morgan fingerprint density at radius 3 is 2.59 bits per heavy atom. The fourth-order valence-electron chi connectivity index (χ4n) is 3.00. The average molecular weight is 471 g/mol. The van der Waals surface area contributed by atoms with Crippen molar-refractivity contribution in [2.24, 2.45) is 0 Å². The molecule has 0 aliphatic rings. The number of thioether (sulfide) groups is 1. The molecule has 1 heterocycles. The smallest absolute Gasteiger partial charge is 0.253 e. The third kappa shape index (κ3) is 5.57. The third-order valence-electron chi connectivity index (χ3n) is 4.65. The summed E-state index contributed by atoms with van der Waals surface area (Å²) in [5, 5.41) is 12.3. The number of amides is 1. The number of hydrogen-bond acceptors (Lipinski definition) is 6. The molecular weight excluding hydrogens is 448 g/mol. The summed E-state index contributed by atoms with van der Waals surface area (Å²) >= 11 is 7.41. The third-order valence-corrected chi connectivity index (χ3v) is 5.95. The van der Waals surface area contributed by atoms with Gasteiger partial charge in [-0.1, -0.05) is 41.6 Å². The van der Waals surface area contributed by atoms with E-state index in [0.29, 0.717) is 39.4 Å². The Labute approximate surface area is 195 Å². The van der Waals surface area contributed by atoms with E-state index in [0.717, 1.165) is 0 Å². The molecule has 9 heteroatoms. The number of ether oxygens (including phenoxy) is 1. The summed E-state index contributed by atoms with van der Waals surface area (Å²) in [6.07, 6.45) is 1.71. The van der Waals surface area contributed by atoms with Crippen molar-refractivity contribution in [3.63, 3.8) is 0 Å². The Balaban J connectivity index is 1.71. The number of rotatable bonds is 10. The maximum atomic E-state index is 12.6. The number of benzene rings is 2. The second kappa shape index (κ2) is 11.0. The Hall–Kier alpha value is -3.10. The van der Waals surface area contributed by atoms with Crippen LogP contribution in [0.2, 0.25) is 5.02 Å². The molecule has 1 atom stereocenters. The monoisotopic (exact) mass is 470 g/mol. The normalized spacial score (nSPS) is 11.6. The lowest BCUT2D eigenvalue weighted by molar-refractivity contribution is 0.0937. The molecule has 1 amide bonds. The fourth-order valence-corrected chi connectivity index (χ4v) is 4.07. The number of methoxy groups -OCH3 is 1.